The molecule has 0 atom stereocenters. The topological polar surface area (TPSA) is 61.5 Å². The van der Waals surface area contributed by atoms with Crippen molar-refractivity contribution < 1.29 is 14.3 Å². The van der Waals surface area contributed by atoms with Crippen LogP contribution in [0.5, 0.6) is 0 Å². The highest BCUT2D eigenvalue weighted by Crippen LogP contribution is 2.08. The molecule has 2 N–H and O–H groups in total. The van der Waals surface area contributed by atoms with Gasteiger partial charge in [-0.05, 0) is 6.42 Å². The molecule has 0 aliphatic heterocycles. The second kappa shape index (κ2) is 14.5. The fourth-order valence-electron chi connectivity index (χ4n) is 1.70. The molecular weight excluding hydrogens is 230 g/mol. The molecule has 108 valence electrons. The van der Waals surface area contributed by atoms with Crippen molar-refractivity contribution in [2.75, 3.05) is 26.4 Å². The minimum absolute atomic E-state index is 0.111. The third-order valence-electron chi connectivity index (χ3n) is 2.74. The summed E-state index contributed by atoms with van der Waals surface area (Å²) in [4.78, 5) is 11.3. The van der Waals surface area contributed by atoms with E-state index in [1.54, 1.807) is 0 Å². The first-order valence-electron chi connectivity index (χ1n) is 7.24. The Bertz CT molecular complexity index is 186. The zero-order valence-electron chi connectivity index (χ0n) is 11.8. The average Bonchev–Trinajstić information content (AvgIpc) is 2.37. The van der Waals surface area contributed by atoms with Crippen LogP contribution in [0, 0.1) is 0 Å². The second-order valence-electron chi connectivity index (χ2n) is 4.49. The van der Waals surface area contributed by atoms with Gasteiger partial charge >= 0.3 is 5.97 Å². The SMILES string of the molecule is CCCCCCCCCC(=O)OCCOCCN. The summed E-state index contributed by atoms with van der Waals surface area (Å²) in [6.45, 7) is 4.03. The number of carbonyl (C=O) groups is 1. The summed E-state index contributed by atoms with van der Waals surface area (Å²) in [6, 6.07) is 0. The number of esters is 1. The molecule has 0 aromatic heterocycles. The first-order chi connectivity index (χ1) is 8.81. The normalized spacial score (nSPS) is 10.6. The Hall–Kier alpha value is -0.610. The Balaban J connectivity index is 3.12. The zero-order chi connectivity index (χ0) is 13.5. The van der Waals surface area contributed by atoms with E-state index in [2.05, 4.69) is 6.92 Å². The van der Waals surface area contributed by atoms with E-state index in [0.717, 1.165) is 12.8 Å². The van der Waals surface area contributed by atoms with Crippen LogP contribution in [-0.2, 0) is 14.3 Å². The van der Waals surface area contributed by atoms with Crippen LogP contribution in [0.25, 0.3) is 0 Å². The average molecular weight is 259 g/mol. The van der Waals surface area contributed by atoms with Gasteiger partial charge in [-0.15, -0.1) is 0 Å². The molecule has 0 heterocycles. The van der Waals surface area contributed by atoms with Crippen LogP contribution in [0.3, 0.4) is 0 Å². The van der Waals surface area contributed by atoms with Crippen LogP contribution in [0.15, 0.2) is 0 Å². The van der Waals surface area contributed by atoms with E-state index in [4.69, 9.17) is 15.2 Å². The molecule has 4 nitrogen and oxygen atoms in total. The van der Waals surface area contributed by atoms with Gasteiger partial charge in [-0.3, -0.25) is 4.79 Å². The molecule has 0 amide bonds. The molecule has 0 fully saturated rings. The van der Waals surface area contributed by atoms with Gasteiger partial charge < -0.3 is 15.2 Å². The van der Waals surface area contributed by atoms with E-state index in [-0.39, 0.29) is 5.97 Å². The second-order valence-corrected chi connectivity index (χ2v) is 4.49. The Morgan fingerprint density at radius 2 is 1.61 bits per heavy atom. The van der Waals surface area contributed by atoms with Crippen LogP contribution in [0.4, 0.5) is 0 Å². The summed E-state index contributed by atoms with van der Waals surface area (Å²) >= 11 is 0. The minimum atomic E-state index is -0.111. The molecule has 18 heavy (non-hydrogen) atoms. The maximum Gasteiger partial charge on any atom is 0.305 e. The number of ether oxygens (including phenoxy) is 2. The highest BCUT2D eigenvalue weighted by Gasteiger charge is 2.02. The van der Waals surface area contributed by atoms with Crippen LogP contribution < -0.4 is 5.73 Å². The fraction of sp³-hybridized carbons (Fsp3) is 0.929. The Morgan fingerprint density at radius 1 is 0.944 bits per heavy atom. The molecule has 0 radical (unpaired) electrons. The Morgan fingerprint density at radius 3 is 2.28 bits per heavy atom. The van der Waals surface area contributed by atoms with Crippen molar-refractivity contribution in [2.45, 2.75) is 58.3 Å². The van der Waals surface area contributed by atoms with Gasteiger partial charge in [0, 0.05) is 13.0 Å². The zero-order valence-corrected chi connectivity index (χ0v) is 11.8. The fourth-order valence-corrected chi connectivity index (χ4v) is 1.70. The van der Waals surface area contributed by atoms with E-state index in [1.807, 2.05) is 0 Å². The van der Waals surface area contributed by atoms with Crippen LogP contribution >= 0.6 is 0 Å². The summed E-state index contributed by atoms with van der Waals surface area (Å²) < 4.78 is 10.1. The Labute approximate surface area is 111 Å². The largest absolute Gasteiger partial charge is 0.463 e. The molecule has 0 saturated heterocycles. The van der Waals surface area contributed by atoms with Gasteiger partial charge in [0.05, 0.1) is 13.2 Å². The maximum atomic E-state index is 11.3. The molecule has 0 unspecified atom stereocenters. The lowest BCUT2D eigenvalue weighted by atomic mass is 10.1. The van der Waals surface area contributed by atoms with Crippen molar-refractivity contribution >= 4 is 5.97 Å². The maximum absolute atomic E-state index is 11.3. The number of rotatable bonds is 13. The van der Waals surface area contributed by atoms with Gasteiger partial charge in [-0.25, -0.2) is 0 Å². The summed E-state index contributed by atoms with van der Waals surface area (Å²) in [5.41, 5.74) is 5.26. The lowest BCUT2D eigenvalue weighted by molar-refractivity contribution is -0.145. The number of unbranched alkanes of at least 4 members (excludes halogenated alkanes) is 6. The van der Waals surface area contributed by atoms with E-state index >= 15 is 0 Å². The summed E-state index contributed by atoms with van der Waals surface area (Å²) in [7, 11) is 0. The van der Waals surface area contributed by atoms with Crippen molar-refractivity contribution in [1.29, 1.82) is 0 Å². The number of nitrogens with two attached hydrogens (primary N) is 1. The Kier molecular flexibility index (Phi) is 14.0. The minimum Gasteiger partial charge on any atom is -0.463 e. The molecule has 0 bridgehead atoms. The summed E-state index contributed by atoms with van der Waals surface area (Å²) in [5, 5.41) is 0. The first kappa shape index (κ1) is 17.4. The molecule has 0 aliphatic carbocycles. The lowest BCUT2D eigenvalue weighted by Gasteiger charge is -2.05. The highest BCUT2D eigenvalue weighted by molar-refractivity contribution is 5.69. The van der Waals surface area contributed by atoms with E-state index < -0.39 is 0 Å². The molecule has 0 aromatic rings. The van der Waals surface area contributed by atoms with Crippen molar-refractivity contribution in [3.8, 4) is 0 Å². The highest BCUT2D eigenvalue weighted by atomic mass is 16.6. The third kappa shape index (κ3) is 13.5. The summed E-state index contributed by atoms with van der Waals surface area (Å²) in [5.74, 6) is -0.111. The molecule has 0 aliphatic rings. The molecule has 0 spiro atoms. The predicted molar refractivity (Wildman–Crippen MR) is 73.4 cm³/mol. The van der Waals surface area contributed by atoms with Crippen molar-refractivity contribution in [2.24, 2.45) is 5.73 Å². The first-order valence-corrected chi connectivity index (χ1v) is 7.24. The molecule has 4 heteroatoms. The van der Waals surface area contributed by atoms with Gasteiger partial charge in [0.2, 0.25) is 0 Å². The summed E-state index contributed by atoms with van der Waals surface area (Å²) in [6.07, 6.45) is 9.04. The van der Waals surface area contributed by atoms with Crippen molar-refractivity contribution in [1.82, 2.24) is 0 Å². The predicted octanol–water partition coefficient (Wildman–Crippen LogP) is 2.65. The van der Waals surface area contributed by atoms with Crippen LogP contribution in [0.1, 0.15) is 58.3 Å². The smallest absolute Gasteiger partial charge is 0.305 e. The molecule has 0 aromatic carbocycles. The standard InChI is InChI=1S/C14H29NO3/c1-2-3-4-5-6-7-8-9-14(16)18-13-12-17-11-10-15/h2-13,15H2,1H3. The third-order valence-corrected chi connectivity index (χ3v) is 2.74. The van der Waals surface area contributed by atoms with E-state index in [1.165, 1.54) is 32.1 Å². The van der Waals surface area contributed by atoms with Gasteiger partial charge in [0.15, 0.2) is 0 Å². The number of hydrogen-bond acceptors (Lipinski definition) is 4. The number of carbonyl (C=O) groups excluding carboxylic acids is 1. The molecule has 0 saturated carbocycles. The molecule has 0 rings (SSSR count). The quantitative estimate of drug-likeness (QED) is 0.408. The van der Waals surface area contributed by atoms with Gasteiger partial charge in [0.25, 0.3) is 0 Å². The van der Waals surface area contributed by atoms with Gasteiger partial charge in [0.1, 0.15) is 6.61 Å². The lowest BCUT2D eigenvalue weighted by Crippen LogP contribution is -2.14. The van der Waals surface area contributed by atoms with Crippen LogP contribution in [-0.4, -0.2) is 32.3 Å². The van der Waals surface area contributed by atoms with Gasteiger partial charge in [-0.2, -0.15) is 0 Å². The molecular formula is C14H29NO3. The van der Waals surface area contributed by atoms with E-state index in [0.29, 0.717) is 32.8 Å². The van der Waals surface area contributed by atoms with E-state index in [9.17, 15) is 4.79 Å². The van der Waals surface area contributed by atoms with Crippen LogP contribution in [0.2, 0.25) is 0 Å². The number of hydrogen-bond donors (Lipinski definition) is 1. The monoisotopic (exact) mass is 259 g/mol. The van der Waals surface area contributed by atoms with Crippen molar-refractivity contribution in [3.05, 3.63) is 0 Å². The van der Waals surface area contributed by atoms with Gasteiger partial charge in [-0.1, -0.05) is 45.4 Å². The van der Waals surface area contributed by atoms with Crippen molar-refractivity contribution in [3.63, 3.8) is 0 Å².